The number of nitrogens with zero attached hydrogens (tertiary/aromatic N) is 8. The molecule has 1 atom stereocenters. The second kappa shape index (κ2) is 6.08. The highest BCUT2D eigenvalue weighted by Crippen LogP contribution is 2.21. The summed E-state index contributed by atoms with van der Waals surface area (Å²) in [7, 11) is 0. The van der Waals surface area contributed by atoms with Gasteiger partial charge in [0.05, 0.1) is 24.7 Å². The number of aryl methyl sites for hydroxylation is 1. The first-order valence-electron chi connectivity index (χ1n) is 8.12. The lowest BCUT2D eigenvalue weighted by molar-refractivity contribution is -0.132. The fourth-order valence-electron chi connectivity index (χ4n) is 3.25. The highest BCUT2D eigenvalue weighted by Gasteiger charge is 2.27. The van der Waals surface area contributed by atoms with Gasteiger partial charge in [-0.05, 0) is 42.0 Å². The van der Waals surface area contributed by atoms with Crippen molar-refractivity contribution in [3.05, 3.63) is 47.8 Å². The van der Waals surface area contributed by atoms with Crippen molar-refractivity contribution in [1.82, 2.24) is 39.9 Å². The van der Waals surface area contributed by atoms with Crippen molar-refractivity contribution in [2.24, 2.45) is 0 Å². The van der Waals surface area contributed by atoms with E-state index < -0.39 is 0 Å². The number of carbonyl (C=O) groups is 1. The molecule has 9 heteroatoms. The van der Waals surface area contributed by atoms with Crippen molar-refractivity contribution >= 4 is 5.91 Å². The van der Waals surface area contributed by atoms with Crippen molar-refractivity contribution in [2.45, 2.75) is 32.9 Å². The molecule has 1 aliphatic heterocycles. The molecule has 25 heavy (non-hydrogen) atoms. The van der Waals surface area contributed by atoms with Crippen molar-refractivity contribution in [1.29, 1.82) is 0 Å². The number of aromatic nitrogens is 7. The Bertz CT molecular complexity index is 884. The van der Waals surface area contributed by atoms with Crippen LogP contribution in [-0.4, -0.2) is 52.3 Å². The van der Waals surface area contributed by atoms with Gasteiger partial charge in [-0.3, -0.25) is 4.79 Å². The molecule has 2 aromatic heterocycles. The Morgan fingerprint density at radius 1 is 1.24 bits per heavy atom. The molecular weight excluding hydrogens is 320 g/mol. The molecular formula is C16H18N8O. The van der Waals surface area contributed by atoms with E-state index in [-0.39, 0.29) is 11.9 Å². The second-order valence-corrected chi connectivity index (χ2v) is 6.25. The number of hydrogen-bond donors (Lipinski definition) is 0. The van der Waals surface area contributed by atoms with Crippen LogP contribution in [0.1, 0.15) is 30.2 Å². The second-order valence-electron chi connectivity index (χ2n) is 6.25. The summed E-state index contributed by atoms with van der Waals surface area (Å²) in [5.74, 6) is 1.83. The normalized spacial score (nSPS) is 16.7. The lowest BCUT2D eigenvalue weighted by Crippen LogP contribution is -2.41. The fourth-order valence-corrected chi connectivity index (χ4v) is 3.25. The zero-order chi connectivity index (χ0) is 17.4. The van der Waals surface area contributed by atoms with E-state index in [4.69, 9.17) is 0 Å². The molecule has 0 saturated heterocycles. The molecule has 1 aliphatic rings. The maximum atomic E-state index is 12.7. The van der Waals surface area contributed by atoms with Crippen LogP contribution in [0.5, 0.6) is 0 Å². The Kier molecular flexibility index (Phi) is 3.75. The molecule has 0 fully saturated rings. The Hall–Kier alpha value is -3.10. The highest BCUT2D eigenvalue weighted by atomic mass is 16.2. The summed E-state index contributed by atoms with van der Waals surface area (Å²) in [5.41, 5.74) is 1.81. The predicted octanol–water partition coefficient (Wildman–Crippen LogP) is 0.708. The molecule has 0 aliphatic carbocycles. The van der Waals surface area contributed by atoms with Gasteiger partial charge in [0.2, 0.25) is 5.91 Å². The molecule has 0 saturated carbocycles. The summed E-state index contributed by atoms with van der Waals surface area (Å²) >= 11 is 0. The minimum Gasteiger partial charge on any atom is -0.333 e. The van der Waals surface area contributed by atoms with Crippen LogP contribution in [-0.2, 0) is 17.8 Å². The van der Waals surface area contributed by atoms with Crippen LogP contribution < -0.4 is 0 Å². The standard InChI is InChI=1S/C16H18N8O/c1-11-8-22(9-15-19-18-12(2)24(11)15)16(25)7-13-3-5-14(6-4-13)23-10-17-20-21-23/h3-6,10-11H,7-9H2,1-2H3/t11-/m0/s1. The third-order valence-corrected chi connectivity index (χ3v) is 4.45. The van der Waals surface area contributed by atoms with Crippen LogP contribution in [0.3, 0.4) is 0 Å². The smallest absolute Gasteiger partial charge is 0.227 e. The predicted molar refractivity (Wildman–Crippen MR) is 87.7 cm³/mol. The Morgan fingerprint density at radius 3 is 2.76 bits per heavy atom. The number of tetrazole rings is 1. The first-order chi connectivity index (χ1) is 12.1. The van der Waals surface area contributed by atoms with Gasteiger partial charge in [-0.25, -0.2) is 4.68 Å². The van der Waals surface area contributed by atoms with E-state index in [0.29, 0.717) is 19.5 Å². The fraction of sp³-hybridized carbons (Fsp3) is 0.375. The SMILES string of the molecule is Cc1nnc2n1[C@@H](C)CN(C(=O)Cc1ccc(-n3cnnn3)cc1)C2. The van der Waals surface area contributed by atoms with Gasteiger partial charge in [0, 0.05) is 6.54 Å². The van der Waals surface area contributed by atoms with Gasteiger partial charge in [-0.1, -0.05) is 12.1 Å². The zero-order valence-corrected chi connectivity index (χ0v) is 14.1. The summed E-state index contributed by atoms with van der Waals surface area (Å²) in [6, 6.07) is 7.84. The molecule has 0 bridgehead atoms. The molecule has 3 aromatic rings. The van der Waals surface area contributed by atoms with Gasteiger partial charge in [0.25, 0.3) is 0 Å². The van der Waals surface area contributed by atoms with Gasteiger partial charge in [0.1, 0.15) is 12.2 Å². The molecule has 1 aromatic carbocycles. The van der Waals surface area contributed by atoms with Gasteiger partial charge >= 0.3 is 0 Å². The monoisotopic (exact) mass is 338 g/mol. The molecule has 0 unspecified atom stereocenters. The molecule has 4 rings (SSSR count). The van der Waals surface area contributed by atoms with Crippen molar-refractivity contribution in [3.8, 4) is 5.69 Å². The van der Waals surface area contributed by atoms with E-state index >= 15 is 0 Å². The number of amides is 1. The van der Waals surface area contributed by atoms with Crippen LogP contribution in [0.4, 0.5) is 0 Å². The van der Waals surface area contributed by atoms with Crippen molar-refractivity contribution < 1.29 is 4.79 Å². The summed E-state index contributed by atoms with van der Waals surface area (Å²) in [6.45, 7) is 5.21. The zero-order valence-electron chi connectivity index (χ0n) is 14.1. The third-order valence-electron chi connectivity index (χ3n) is 4.45. The third kappa shape index (κ3) is 2.88. The van der Waals surface area contributed by atoms with Gasteiger partial charge in [-0.2, -0.15) is 0 Å². The van der Waals surface area contributed by atoms with E-state index in [1.165, 1.54) is 6.33 Å². The number of rotatable bonds is 3. The van der Waals surface area contributed by atoms with Crippen molar-refractivity contribution in [3.63, 3.8) is 0 Å². The maximum absolute atomic E-state index is 12.7. The molecule has 3 heterocycles. The highest BCUT2D eigenvalue weighted by molar-refractivity contribution is 5.79. The molecule has 128 valence electrons. The van der Waals surface area contributed by atoms with Crippen LogP contribution in [0.25, 0.3) is 5.69 Å². The Morgan fingerprint density at radius 2 is 2.04 bits per heavy atom. The Labute approximate surface area is 144 Å². The van der Waals surface area contributed by atoms with Crippen LogP contribution >= 0.6 is 0 Å². The number of fused-ring (bicyclic) bond motifs is 1. The lowest BCUT2D eigenvalue weighted by atomic mass is 10.1. The van der Waals surface area contributed by atoms with Gasteiger partial charge in [0.15, 0.2) is 5.82 Å². The Balaban J connectivity index is 1.46. The van der Waals surface area contributed by atoms with Gasteiger partial charge in [-0.15, -0.1) is 15.3 Å². The quantitative estimate of drug-likeness (QED) is 0.698. The first-order valence-corrected chi connectivity index (χ1v) is 8.12. The largest absolute Gasteiger partial charge is 0.333 e. The topological polar surface area (TPSA) is 94.6 Å². The van der Waals surface area contributed by atoms with E-state index in [9.17, 15) is 4.79 Å². The molecule has 0 spiro atoms. The van der Waals surface area contributed by atoms with E-state index in [1.54, 1.807) is 4.68 Å². The number of benzene rings is 1. The van der Waals surface area contributed by atoms with Crippen LogP contribution in [0.2, 0.25) is 0 Å². The maximum Gasteiger partial charge on any atom is 0.227 e. The van der Waals surface area contributed by atoms with Crippen LogP contribution in [0, 0.1) is 6.92 Å². The average Bonchev–Trinajstić information content (AvgIpc) is 3.26. The summed E-state index contributed by atoms with van der Waals surface area (Å²) < 4.78 is 3.68. The summed E-state index contributed by atoms with van der Waals surface area (Å²) in [6.07, 6.45) is 1.89. The molecule has 1 amide bonds. The molecule has 9 nitrogen and oxygen atoms in total. The number of hydrogen-bond acceptors (Lipinski definition) is 6. The molecule has 0 radical (unpaired) electrons. The molecule has 0 N–H and O–H groups in total. The minimum absolute atomic E-state index is 0.0916. The minimum atomic E-state index is 0.0916. The van der Waals surface area contributed by atoms with Crippen LogP contribution in [0.15, 0.2) is 30.6 Å². The number of carbonyl (C=O) groups excluding carboxylic acids is 1. The summed E-state index contributed by atoms with van der Waals surface area (Å²) in [5, 5.41) is 19.4. The summed E-state index contributed by atoms with van der Waals surface area (Å²) in [4.78, 5) is 14.5. The van der Waals surface area contributed by atoms with E-state index in [1.807, 2.05) is 36.1 Å². The van der Waals surface area contributed by atoms with E-state index in [2.05, 4.69) is 37.2 Å². The van der Waals surface area contributed by atoms with E-state index in [0.717, 1.165) is 22.9 Å². The average molecular weight is 338 g/mol. The van der Waals surface area contributed by atoms with Crippen molar-refractivity contribution in [2.75, 3.05) is 6.54 Å². The first kappa shape index (κ1) is 15.4. The van der Waals surface area contributed by atoms with Gasteiger partial charge < -0.3 is 9.47 Å². The lowest BCUT2D eigenvalue weighted by Gasteiger charge is -2.32.